The first kappa shape index (κ1) is 47.5. The van der Waals surface area contributed by atoms with Crippen molar-refractivity contribution in [3.05, 3.63) is 192 Å². The zero-order valence-electron chi connectivity index (χ0n) is 37.8. The van der Waals surface area contributed by atoms with Crippen molar-refractivity contribution < 1.29 is 18.8 Å². The van der Waals surface area contributed by atoms with Gasteiger partial charge in [-0.05, 0) is 144 Å². The quantitative estimate of drug-likeness (QED) is 0.141. The third-order valence-corrected chi connectivity index (χ3v) is 11.9. The summed E-state index contributed by atoms with van der Waals surface area (Å²) in [5.74, 6) is 18.3. The van der Waals surface area contributed by atoms with Gasteiger partial charge in [-0.3, -0.25) is 14.4 Å². The molecule has 330 valence electrons. The zero-order chi connectivity index (χ0) is 47.2. The van der Waals surface area contributed by atoms with Crippen molar-refractivity contribution in [2.24, 2.45) is 16.2 Å². The van der Waals surface area contributed by atoms with E-state index in [1.165, 1.54) is 12.1 Å². The van der Waals surface area contributed by atoms with Crippen molar-refractivity contribution in [1.29, 1.82) is 0 Å². The van der Waals surface area contributed by atoms with Crippen LogP contribution in [-0.4, -0.2) is 32.3 Å². The third-order valence-electron chi connectivity index (χ3n) is 11.2. The van der Waals surface area contributed by atoms with Crippen molar-refractivity contribution in [3.8, 4) is 35.5 Å². The van der Waals surface area contributed by atoms with E-state index in [1.54, 1.807) is 24.3 Å². The van der Waals surface area contributed by atoms with E-state index in [0.29, 0.717) is 52.5 Å². The summed E-state index contributed by atoms with van der Waals surface area (Å²) in [6.07, 6.45) is 4.11. The fourth-order valence-corrected chi connectivity index (χ4v) is 8.71. The molecule has 9 heteroatoms. The molecular weight excluding hydrogens is 909 g/mol. The van der Waals surface area contributed by atoms with Crippen LogP contribution < -0.4 is 0 Å². The second-order valence-corrected chi connectivity index (χ2v) is 20.5. The molecule has 0 radical (unpaired) electrons. The van der Waals surface area contributed by atoms with Crippen LogP contribution in [0.3, 0.4) is 0 Å². The lowest BCUT2D eigenvalue weighted by Gasteiger charge is -2.29. The van der Waals surface area contributed by atoms with Crippen molar-refractivity contribution >= 4 is 44.9 Å². The highest BCUT2D eigenvalue weighted by molar-refractivity contribution is 9.10. The maximum Gasteiger partial charge on any atom is 0.165 e. The van der Waals surface area contributed by atoms with E-state index in [2.05, 4.69) is 108 Å². The molecule has 9 rings (SSSR count). The molecule has 0 saturated carbocycles. The summed E-state index contributed by atoms with van der Waals surface area (Å²) in [6, 6.07) is 32.3. The molecule has 3 aromatic carbocycles. The van der Waals surface area contributed by atoms with E-state index < -0.39 is 0 Å². The SMILES string of the molecule is CC1(C)CC(=O)c2ccc(C#Cc3cccc(Br)c3)nc2C1.CC1(C)CC(=O)c2ccc(C#Cc3cccc(Cl)c3)nc2C1.CC1(C)CC(=O)c2ccc(C#Cc3cccc(F)c3)nc2C1. The number of hydrogen-bond acceptors (Lipinski definition) is 6. The molecule has 0 fully saturated rings. The summed E-state index contributed by atoms with van der Waals surface area (Å²) >= 11 is 9.38. The Morgan fingerprint density at radius 1 is 0.470 bits per heavy atom. The van der Waals surface area contributed by atoms with Crippen molar-refractivity contribution in [2.75, 3.05) is 0 Å². The molecule has 0 atom stereocenters. The lowest BCUT2D eigenvalue weighted by Crippen LogP contribution is -2.28. The molecule has 6 aromatic rings. The third kappa shape index (κ3) is 12.9. The smallest absolute Gasteiger partial charge is 0.165 e. The largest absolute Gasteiger partial charge is 0.294 e. The van der Waals surface area contributed by atoms with E-state index in [0.717, 1.165) is 63.1 Å². The molecule has 6 nitrogen and oxygen atoms in total. The van der Waals surface area contributed by atoms with Gasteiger partial charge in [-0.25, -0.2) is 19.3 Å². The highest BCUT2D eigenvalue weighted by Crippen LogP contribution is 2.36. The average molecular weight is 957 g/mol. The Bertz CT molecular complexity index is 2770. The highest BCUT2D eigenvalue weighted by atomic mass is 79.9. The Balaban J connectivity index is 0.000000147. The standard InChI is InChI=1S/C19H16BrNO.C19H16ClNO.C19H16FNO/c3*1-19(2)11-17-16(18(22)12-19)9-8-15(21-17)7-6-13-4-3-5-14(20)10-13/h3*3-5,8-10H,11-12H2,1-2H3. The Morgan fingerprint density at radius 3 is 1.21 bits per heavy atom. The van der Waals surface area contributed by atoms with Crippen LogP contribution in [0.2, 0.25) is 5.02 Å². The van der Waals surface area contributed by atoms with Gasteiger partial charge < -0.3 is 0 Å². The van der Waals surface area contributed by atoms with Gasteiger partial charge in [0.2, 0.25) is 0 Å². The Labute approximate surface area is 400 Å². The fraction of sp³-hybridized carbons (Fsp3) is 0.263. The van der Waals surface area contributed by atoms with Crippen LogP contribution in [-0.2, 0) is 19.3 Å². The predicted molar refractivity (Wildman–Crippen MR) is 262 cm³/mol. The maximum atomic E-state index is 13.1. The molecule has 0 amide bonds. The molecule has 0 N–H and O–H groups in total. The number of carbonyl (C=O) groups is 3. The molecule has 0 unspecified atom stereocenters. The summed E-state index contributed by atoms with van der Waals surface area (Å²) in [6.45, 7) is 12.5. The van der Waals surface area contributed by atoms with E-state index in [-0.39, 0.29) is 39.4 Å². The molecule has 3 heterocycles. The maximum absolute atomic E-state index is 13.1. The lowest BCUT2D eigenvalue weighted by molar-refractivity contribution is 0.0900. The van der Waals surface area contributed by atoms with Gasteiger partial charge >= 0.3 is 0 Å². The van der Waals surface area contributed by atoms with Gasteiger partial charge in [-0.15, -0.1) is 0 Å². The molecule has 66 heavy (non-hydrogen) atoms. The molecule has 3 aliphatic carbocycles. The number of halogens is 3. The zero-order valence-corrected chi connectivity index (χ0v) is 40.2. The Kier molecular flexibility index (Phi) is 14.3. The van der Waals surface area contributed by atoms with Crippen molar-refractivity contribution in [1.82, 2.24) is 15.0 Å². The van der Waals surface area contributed by atoms with Crippen molar-refractivity contribution in [3.63, 3.8) is 0 Å². The Hall–Kier alpha value is -6.50. The van der Waals surface area contributed by atoms with E-state index in [4.69, 9.17) is 11.6 Å². The van der Waals surface area contributed by atoms with Gasteiger partial charge in [0.25, 0.3) is 0 Å². The van der Waals surface area contributed by atoms with E-state index in [9.17, 15) is 18.8 Å². The van der Waals surface area contributed by atoms with Crippen LogP contribution in [0.5, 0.6) is 0 Å². The first-order chi connectivity index (χ1) is 31.3. The Morgan fingerprint density at radius 2 is 0.833 bits per heavy atom. The second-order valence-electron chi connectivity index (χ2n) is 19.2. The fourth-order valence-electron chi connectivity index (χ4n) is 8.12. The first-order valence-corrected chi connectivity index (χ1v) is 22.9. The number of ketones is 3. The monoisotopic (exact) mass is 955 g/mol. The summed E-state index contributed by atoms with van der Waals surface area (Å²) in [5, 5.41) is 0.664. The molecule has 3 aliphatic rings. The number of pyridine rings is 3. The number of rotatable bonds is 0. The van der Waals surface area contributed by atoms with Gasteiger partial charge in [0, 0.05) is 62.1 Å². The minimum absolute atomic E-state index is 0.0204. The van der Waals surface area contributed by atoms with Crippen LogP contribution in [0.15, 0.2) is 114 Å². The van der Waals surface area contributed by atoms with Gasteiger partial charge in [0.1, 0.15) is 22.9 Å². The van der Waals surface area contributed by atoms with Crippen LogP contribution in [0.4, 0.5) is 4.39 Å². The minimum Gasteiger partial charge on any atom is -0.294 e. The van der Waals surface area contributed by atoms with Crippen LogP contribution in [0.25, 0.3) is 0 Å². The second kappa shape index (κ2) is 19.9. The number of Topliss-reactive ketones (excluding diaryl/α,β-unsaturated/α-hetero) is 3. The molecule has 0 aliphatic heterocycles. The number of aromatic nitrogens is 3. The van der Waals surface area contributed by atoms with Crippen LogP contribution >= 0.6 is 27.5 Å². The normalized spacial score (nSPS) is 15.7. The van der Waals surface area contributed by atoms with Gasteiger partial charge in [-0.1, -0.05) is 105 Å². The molecule has 0 spiro atoms. The highest BCUT2D eigenvalue weighted by Gasteiger charge is 2.34. The number of benzene rings is 3. The number of fused-ring (bicyclic) bond motifs is 3. The number of hydrogen-bond donors (Lipinski definition) is 0. The molecule has 3 aromatic heterocycles. The minimum atomic E-state index is -0.308. The summed E-state index contributed by atoms with van der Waals surface area (Å²) in [7, 11) is 0. The summed E-state index contributed by atoms with van der Waals surface area (Å²) in [4.78, 5) is 50.1. The average Bonchev–Trinajstić information content (AvgIpc) is 3.23. The van der Waals surface area contributed by atoms with E-state index in [1.807, 2.05) is 72.8 Å². The van der Waals surface area contributed by atoms with Gasteiger partial charge in [0.15, 0.2) is 17.3 Å². The lowest BCUT2D eigenvalue weighted by atomic mass is 9.75. The summed E-state index contributed by atoms with van der Waals surface area (Å²) in [5.41, 5.74) is 9.03. The van der Waals surface area contributed by atoms with E-state index >= 15 is 0 Å². The number of nitrogens with zero attached hydrogens (tertiary/aromatic N) is 3. The van der Waals surface area contributed by atoms with Crippen LogP contribution in [0.1, 0.15) is 143 Å². The van der Waals surface area contributed by atoms with Gasteiger partial charge in [0.05, 0.1) is 17.1 Å². The topological polar surface area (TPSA) is 89.9 Å². The van der Waals surface area contributed by atoms with Crippen molar-refractivity contribution in [2.45, 2.75) is 80.1 Å². The number of carbonyl (C=O) groups excluding carboxylic acids is 3. The van der Waals surface area contributed by atoms with Crippen LogP contribution in [0, 0.1) is 57.6 Å². The predicted octanol–water partition coefficient (Wildman–Crippen LogP) is 12.5. The molecule has 0 saturated heterocycles. The first-order valence-electron chi connectivity index (χ1n) is 21.7. The summed E-state index contributed by atoms with van der Waals surface area (Å²) < 4.78 is 14.1. The molecular formula is C57H48BrClFN3O3. The molecule has 0 bridgehead atoms. The van der Waals surface area contributed by atoms with Gasteiger partial charge in [-0.2, -0.15) is 0 Å².